The highest BCUT2D eigenvalue weighted by molar-refractivity contribution is 7.92. The van der Waals surface area contributed by atoms with Gasteiger partial charge in [0.15, 0.2) is 9.84 Å². The van der Waals surface area contributed by atoms with Crippen LogP contribution < -0.4 is 0 Å². The van der Waals surface area contributed by atoms with Crippen LogP contribution >= 0.6 is 0 Å². The fraction of sp³-hybridized carbons (Fsp3) is 0.571. The van der Waals surface area contributed by atoms with E-state index in [1.165, 1.54) is 0 Å². The molecule has 1 aliphatic rings. The van der Waals surface area contributed by atoms with Crippen molar-refractivity contribution >= 4 is 19.9 Å². The molecule has 1 aromatic rings. The predicted octanol–water partition coefficient (Wildman–Crippen LogP) is 2.15. The van der Waals surface area contributed by atoms with E-state index in [-0.39, 0.29) is 24.8 Å². The van der Waals surface area contributed by atoms with E-state index < -0.39 is 41.7 Å². The third-order valence-corrected chi connectivity index (χ3v) is 7.96. The molecule has 1 saturated heterocycles. The molecule has 24 heavy (non-hydrogen) atoms. The molecule has 0 aliphatic carbocycles. The summed E-state index contributed by atoms with van der Waals surface area (Å²) in [5.74, 6) is -0.126. The average molecular weight is 385 g/mol. The maximum absolute atomic E-state index is 12.7. The zero-order chi connectivity index (χ0) is 18.3. The van der Waals surface area contributed by atoms with Crippen LogP contribution in [0.2, 0.25) is 0 Å². The van der Waals surface area contributed by atoms with Gasteiger partial charge in [0, 0.05) is 13.1 Å². The fourth-order valence-corrected chi connectivity index (χ4v) is 6.19. The molecule has 0 bridgehead atoms. The Balaban J connectivity index is 2.17. The minimum Gasteiger partial charge on any atom is -0.228 e. The summed E-state index contributed by atoms with van der Waals surface area (Å²) < 4.78 is 87.8. The van der Waals surface area contributed by atoms with Gasteiger partial charge < -0.3 is 0 Å². The van der Waals surface area contributed by atoms with Gasteiger partial charge >= 0.3 is 6.18 Å². The topological polar surface area (TPSA) is 71.5 Å². The summed E-state index contributed by atoms with van der Waals surface area (Å²) in [6.07, 6.45) is -4.65. The number of rotatable bonds is 5. The zero-order valence-electron chi connectivity index (χ0n) is 13.1. The second-order valence-electron chi connectivity index (χ2n) is 6.19. The lowest BCUT2D eigenvalue weighted by atomic mass is 10.2. The van der Waals surface area contributed by atoms with Crippen LogP contribution in [0.1, 0.15) is 19.4 Å². The Bertz CT molecular complexity index is 811. The molecule has 0 atom stereocenters. The van der Waals surface area contributed by atoms with E-state index in [2.05, 4.69) is 0 Å². The highest BCUT2D eigenvalue weighted by Crippen LogP contribution is 2.32. The zero-order valence-corrected chi connectivity index (χ0v) is 14.7. The van der Waals surface area contributed by atoms with Gasteiger partial charge in [-0.15, -0.1) is 0 Å². The molecular weight excluding hydrogens is 367 g/mol. The van der Waals surface area contributed by atoms with E-state index in [0.717, 1.165) is 22.5 Å². The molecule has 0 unspecified atom stereocenters. The third-order valence-electron chi connectivity index (χ3n) is 3.69. The number of alkyl halides is 3. The quantitative estimate of drug-likeness (QED) is 0.779. The number of benzene rings is 1. The Hall–Kier alpha value is -1.13. The van der Waals surface area contributed by atoms with Gasteiger partial charge in [0.25, 0.3) is 0 Å². The van der Waals surface area contributed by atoms with E-state index >= 15 is 0 Å². The number of nitrogens with zero attached hydrogens (tertiary/aromatic N) is 1. The van der Waals surface area contributed by atoms with Crippen molar-refractivity contribution in [3.8, 4) is 0 Å². The highest BCUT2D eigenvalue weighted by atomic mass is 32.2. The second-order valence-corrected chi connectivity index (χ2v) is 10.5. The second kappa shape index (κ2) is 6.30. The summed E-state index contributed by atoms with van der Waals surface area (Å²) in [4.78, 5) is -0.489. The molecule has 1 aliphatic heterocycles. The van der Waals surface area contributed by atoms with Crippen molar-refractivity contribution in [1.29, 1.82) is 0 Å². The van der Waals surface area contributed by atoms with E-state index in [0.29, 0.717) is 6.07 Å². The molecule has 5 nitrogen and oxygen atoms in total. The number of hydrogen-bond donors (Lipinski definition) is 0. The van der Waals surface area contributed by atoms with Gasteiger partial charge in [-0.3, -0.25) is 0 Å². The third kappa shape index (κ3) is 3.92. The van der Waals surface area contributed by atoms with Gasteiger partial charge in [-0.05, 0) is 24.1 Å². The first-order valence-corrected chi connectivity index (χ1v) is 10.4. The van der Waals surface area contributed by atoms with Gasteiger partial charge in [0.05, 0.1) is 21.5 Å². The van der Waals surface area contributed by atoms with Crippen molar-refractivity contribution in [3.05, 3.63) is 29.8 Å². The lowest BCUT2D eigenvalue weighted by molar-refractivity contribution is -0.137. The van der Waals surface area contributed by atoms with Crippen molar-refractivity contribution in [3.63, 3.8) is 0 Å². The van der Waals surface area contributed by atoms with E-state index in [1.54, 1.807) is 13.8 Å². The first-order valence-electron chi connectivity index (χ1n) is 7.23. The van der Waals surface area contributed by atoms with E-state index in [1.807, 2.05) is 0 Å². The normalized spacial score (nSPS) is 17.9. The molecular formula is C14H18F3NO4S2. The van der Waals surface area contributed by atoms with E-state index in [4.69, 9.17) is 0 Å². The van der Waals surface area contributed by atoms with Crippen LogP contribution in [0.25, 0.3) is 0 Å². The first kappa shape index (κ1) is 19.2. The molecule has 2 rings (SSSR count). The summed E-state index contributed by atoms with van der Waals surface area (Å²) in [5.41, 5.74) is -1.06. The Kier molecular flexibility index (Phi) is 5.04. The van der Waals surface area contributed by atoms with Crippen LogP contribution in [0.4, 0.5) is 13.2 Å². The Morgan fingerprint density at radius 1 is 1.17 bits per heavy atom. The molecule has 0 N–H and O–H groups in total. The van der Waals surface area contributed by atoms with Crippen LogP contribution in [0.5, 0.6) is 0 Å². The Morgan fingerprint density at radius 2 is 1.75 bits per heavy atom. The van der Waals surface area contributed by atoms with Crippen molar-refractivity contribution < 1.29 is 30.0 Å². The maximum atomic E-state index is 12.7. The summed E-state index contributed by atoms with van der Waals surface area (Å²) in [6.45, 7) is 3.03. The predicted molar refractivity (Wildman–Crippen MR) is 82.6 cm³/mol. The molecule has 1 fully saturated rings. The van der Waals surface area contributed by atoms with Crippen LogP contribution in [0.3, 0.4) is 0 Å². The lowest BCUT2D eigenvalue weighted by Crippen LogP contribution is -2.57. The lowest BCUT2D eigenvalue weighted by Gasteiger charge is -2.37. The van der Waals surface area contributed by atoms with Crippen LogP contribution in [-0.2, 0) is 26.0 Å². The monoisotopic (exact) mass is 385 g/mol. The smallest absolute Gasteiger partial charge is 0.228 e. The molecule has 0 radical (unpaired) electrons. The molecule has 136 valence electrons. The SMILES string of the molecule is CC(C)CS(=O)(=O)C1CN(S(=O)(=O)c2cccc(C(F)(F)F)c2)C1. The standard InChI is InChI=1S/C14H18F3NO4S2/c1-10(2)9-23(19,20)13-7-18(8-13)24(21,22)12-5-3-4-11(6-12)14(15,16)17/h3-6,10,13H,7-9H2,1-2H3. The largest absolute Gasteiger partial charge is 0.416 e. The number of sulfone groups is 1. The van der Waals surface area contributed by atoms with Crippen LogP contribution in [-0.4, -0.2) is 45.2 Å². The van der Waals surface area contributed by atoms with Crippen molar-refractivity contribution in [2.24, 2.45) is 5.92 Å². The average Bonchev–Trinajstić information content (AvgIpc) is 2.33. The number of hydrogen-bond acceptors (Lipinski definition) is 4. The number of sulfonamides is 1. The summed E-state index contributed by atoms with van der Waals surface area (Å²) in [5, 5.41) is -0.805. The molecule has 1 aromatic carbocycles. The minimum absolute atomic E-state index is 0.0465. The molecule has 0 saturated carbocycles. The van der Waals surface area contributed by atoms with Crippen molar-refractivity contribution in [2.45, 2.75) is 30.2 Å². The summed E-state index contributed by atoms with van der Waals surface area (Å²) >= 11 is 0. The first-order chi connectivity index (χ1) is 10.8. The van der Waals surface area contributed by atoms with Gasteiger partial charge in [0.1, 0.15) is 0 Å². The molecule has 0 amide bonds. The summed E-state index contributed by atoms with van der Waals surface area (Å²) in [6, 6.07) is 3.43. The Morgan fingerprint density at radius 3 is 2.25 bits per heavy atom. The maximum Gasteiger partial charge on any atom is 0.416 e. The van der Waals surface area contributed by atoms with Gasteiger partial charge in [-0.1, -0.05) is 19.9 Å². The molecule has 1 heterocycles. The van der Waals surface area contributed by atoms with E-state index in [9.17, 15) is 30.0 Å². The van der Waals surface area contributed by atoms with Crippen molar-refractivity contribution in [2.75, 3.05) is 18.8 Å². The molecule has 10 heteroatoms. The van der Waals surface area contributed by atoms with Crippen molar-refractivity contribution in [1.82, 2.24) is 4.31 Å². The van der Waals surface area contributed by atoms with Gasteiger partial charge in [-0.25, -0.2) is 16.8 Å². The fourth-order valence-electron chi connectivity index (χ4n) is 2.41. The molecule has 0 spiro atoms. The summed E-state index contributed by atoms with van der Waals surface area (Å²) in [7, 11) is -7.55. The highest BCUT2D eigenvalue weighted by Gasteiger charge is 2.44. The van der Waals surface area contributed by atoms with Crippen LogP contribution in [0.15, 0.2) is 29.2 Å². The van der Waals surface area contributed by atoms with Gasteiger partial charge in [-0.2, -0.15) is 17.5 Å². The Labute approximate surface area is 139 Å². The van der Waals surface area contributed by atoms with Crippen LogP contribution in [0, 0.1) is 5.92 Å². The minimum atomic E-state index is -4.65. The van der Waals surface area contributed by atoms with Gasteiger partial charge in [0.2, 0.25) is 10.0 Å². The molecule has 0 aromatic heterocycles. The number of halogens is 3.